The predicted octanol–water partition coefficient (Wildman–Crippen LogP) is 2.45. The Bertz CT molecular complexity index is 297. The molecule has 0 saturated carbocycles. The van der Waals surface area contributed by atoms with E-state index in [1.165, 1.54) is 12.1 Å². The molecule has 0 aliphatic carbocycles. The van der Waals surface area contributed by atoms with Gasteiger partial charge in [-0.15, -0.1) is 0 Å². The Hall–Kier alpha value is -0.960. The average molecular weight is 186 g/mol. The van der Waals surface area contributed by atoms with Gasteiger partial charge in [-0.3, -0.25) is 0 Å². The van der Waals surface area contributed by atoms with Crippen LogP contribution in [0.25, 0.3) is 0 Å². The molecule has 1 nitrogen and oxygen atoms in total. The molecule has 0 aliphatic rings. The second-order valence-electron chi connectivity index (χ2n) is 3.20. The van der Waals surface area contributed by atoms with E-state index in [4.69, 9.17) is 0 Å². The van der Waals surface area contributed by atoms with Crippen LogP contribution in [0.4, 0.5) is 8.78 Å². The number of halogens is 2. The van der Waals surface area contributed by atoms with Crippen molar-refractivity contribution in [3.8, 4) is 0 Å². The Labute approximate surface area is 76.0 Å². The van der Waals surface area contributed by atoms with E-state index in [1.807, 2.05) is 0 Å². The van der Waals surface area contributed by atoms with Gasteiger partial charge < -0.3 is 5.11 Å². The molecule has 0 saturated heterocycles. The number of hydrogen-bond donors (Lipinski definition) is 1. The van der Waals surface area contributed by atoms with Crippen LogP contribution >= 0.6 is 0 Å². The number of hydrogen-bond acceptors (Lipinski definition) is 1. The first-order valence-corrected chi connectivity index (χ1v) is 4.15. The molecule has 3 heteroatoms. The summed E-state index contributed by atoms with van der Waals surface area (Å²) < 4.78 is 25.6. The van der Waals surface area contributed by atoms with E-state index >= 15 is 0 Å². The number of aliphatic hydroxyl groups is 1. The van der Waals surface area contributed by atoms with Gasteiger partial charge in [-0.25, -0.2) is 8.78 Å². The topological polar surface area (TPSA) is 20.2 Å². The summed E-state index contributed by atoms with van der Waals surface area (Å²) in [7, 11) is 0. The van der Waals surface area contributed by atoms with Crippen molar-refractivity contribution in [2.45, 2.75) is 25.9 Å². The maximum atomic E-state index is 13.1. The Kier molecular flexibility index (Phi) is 2.98. The van der Waals surface area contributed by atoms with Crippen LogP contribution in [0.1, 0.15) is 25.3 Å². The molecule has 2 unspecified atom stereocenters. The van der Waals surface area contributed by atoms with Gasteiger partial charge in [-0.1, -0.05) is 13.0 Å². The van der Waals surface area contributed by atoms with Gasteiger partial charge >= 0.3 is 0 Å². The van der Waals surface area contributed by atoms with Crippen LogP contribution < -0.4 is 0 Å². The molecule has 0 aromatic heterocycles. The van der Waals surface area contributed by atoms with Crippen LogP contribution in [0.2, 0.25) is 0 Å². The van der Waals surface area contributed by atoms with Gasteiger partial charge in [0.25, 0.3) is 0 Å². The van der Waals surface area contributed by atoms with Gasteiger partial charge in [-0.05, 0) is 18.6 Å². The Morgan fingerprint density at radius 2 is 1.85 bits per heavy atom. The van der Waals surface area contributed by atoms with E-state index < -0.39 is 17.7 Å². The van der Waals surface area contributed by atoms with Crippen LogP contribution in [0.15, 0.2) is 18.2 Å². The molecule has 0 radical (unpaired) electrons. The van der Waals surface area contributed by atoms with E-state index in [2.05, 4.69) is 0 Å². The smallest absolute Gasteiger partial charge is 0.129 e. The first kappa shape index (κ1) is 10.1. The Balaban J connectivity index is 3.01. The van der Waals surface area contributed by atoms with Gasteiger partial charge in [0.05, 0.1) is 6.10 Å². The molecule has 0 bridgehead atoms. The third-order valence-corrected chi connectivity index (χ3v) is 2.18. The SMILES string of the molecule is CC(O)C(C)c1ccc(F)cc1F. The van der Waals surface area contributed by atoms with Gasteiger partial charge in [-0.2, -0.15) is 0 Å². The normalized spacial score (nSPS) is 15.5. The van der Waals surface area contributed by atoms with Crippen molar-refractivity contribution >= 4 is 0 Å². The molecule has 1 aromatic rings. The summed E-state index contributed by atoms with van der Waals surface area (Å²) in [6.45, 7) is 3.27. The minimum absolute atomic E-state index is 0.319. The minimum Gasteiger partial charge on any atom is -0.393 e. The van der Waals surface area contributed by atoms with Crippen molar-refractivity contribution in [2.75, 3.05) is 0 Å². The van der Waals surface area contributed by atoms with Crippen molar-refractivity contribution in [2.24, 2.45) is 0 Å². The third-order valence-electron chi connectivity index (χ3n) is 2.18. The zero-order chi connectivity index (χ0) is 10.0. The summed E-state index contributed by atoms with van der Waals surface area (Å²) in [5, 5.41) is 9.21. The van der Waals surface area contributed by atoms with E-state index in [0.717, 1.165) is 6.07 Å². The average Bonchev–Trinajstić information content (AvgIpc) is 2.03. The lowest BCUT2D eigenvalue weighted by molar-refractivity contribution is 0.167. The van der Waals surface area contributed by atoms with Gasteiger partial charge in [0, 0.05) is 12.0 Å². The molecule has 0 amide bonds. The van der Waals surface area contributed by atoms with Crippen molar-refractivity contribution in [3.63, 3.8) is 0 Å². The summed E-state index contributed by atoms with van der Waals surface area (Å²) in [5.41, 5.74) is 0.344. The number of aliphatic hydroxyl groups excluding tert-OH is 1. The van der Waals surface area contributed by atoms with Gasteiger partial charge in [0.2, 0.25) is 0 Å². The molecule has 0 aliphatic heterocycles. The molecule has 13 heavy (non-hydrogen) atoms. The highest BCUT2D eigenvalue weighted by molar-refractivity contribution is 5.22. The second kappa shape index (κ2) is 3.83. The van der Waals surface area contributed by atoms with Crippen molar-refractivity contribution in [1.29, 1.82) is 0 Å². The maximum absolute atomic E-state index is 13.1. The first-order chi connectivity index (χ1) is 6.02. The lowest BCUT2D eigenvalue weighted by Crippen LogP contribution is -2.12. The quantitative estimate of drug-likeness (QED) is 0.752. The van der Waals surface area contributed by atoms with Crippen LogP contribution in [0.3, 0.4) is 0 Å². The van der Waals surface area contributed by atoms with Crippen LogP contribution in [0, 0.1) is 11.6 Å². The highest BCUT2D eigenvalue weighted by Crippen LogP contribution is 2.22. The molecular formula is C10H12F2O. The second-order valence-corrected chi connectivity index (χ2v) is 3.20. The van der Waals surface area contributed by atoms with E-state index in [0.29, 0.717) is 5.56 Å². The standard InChI is InChI=1S/C10H12F2O/c1-6(7(2)13)9-4-3-8(11)5-10(9)12/h3-7,13H,1-2H3. The fourth-order valence-corrected chi connectivity index (χ4v) is 1.13. The van der Waals surface area contributed by atoms with Crippen molar-refractivity contribution in [3.05, 3.63) is 35.4 Å². The van der Waals surface area contributed by atoms with Gasteiger partial charge in [0.1, 0.15) is 11.6 Å². The largest absolute Gasteiger partial charge is 0.393 e. The lowest BCUT2D eigenvalue weighted by atomic mass is 9.96. The Morgan fingerprint density at radius 3 is 2.31 bits per heavy atom. The van der Waals surface area contributed by atoms with Gasteiger partial charge in [0.15, 0.2) is 0 Å². The molecule has 1 N–H and O–H groups in total. The van der Waals surface area contributed by atoms with Crippen molar-refractivity contribution in [1.82, 2.24) is 0 Å². The van der Waals surface area contributed by atoms with Crippen LogP contribution in [-0.2, 0) is 0 Å². The Morgan fingerprint density at radius 1 is 1.23 bits per heavy atom. The maximum Gasteiger partial charge on any atom is 0.129 e. The first-order valence-electron chi connectivity index (χ1n) is 4.15. The highest BCUT2D eigenvalue weighted by Gasteiger charge is 2.15. The fraction of sp³-hybridized carbons (Fsp3) is 0.400. The molecular weight excluding hydrogens is 174 g/mol. The molecule has 72 valence electrons. The zero-order valence-electron chi connectivity index (χ0n) is 7.59. The van der Waals surface area contributed by atoms with E-state index in [1.54, 1.807) is 13.8 Å². The summed E-state index contributed by atoms with van der Waals surface area (Å²) in [6, 6.07) is 3.38. The molecule has 2 atom stereocenters. The van der Waals surface area contributed by atoms with Crippen LogP contribution in [-0.4, -0.2) is 11.2 Å². The molecule has 0 spiro atoms. The van der Waals surface area contributed by atoms with E-state index in [9.17, 15) is 13.9 Å². The predicted molar refractivity (Wildman–Crippen MR) is 46.5 cm³/mol. The molecule has 1 aromatic carbocycles. The lowest BCUT2D eigenvalue weighted by Gasteiger charge is -2.15. The summed E-state index contributed by atoms with van der Waals surface area (Å²) >= 11 is 0. The molecule has 0 fully saturated rings. The van der Waals surface area contributed by atoms with Crippen molar-refractivity contribution < 1.29 is 13.9 Å². The zero-order valence-corrected chi connectivity index (χ0v) is 7.59. The minimum atomic E-state index is -0.639. The monoisotopic (exact) mass is 186 g/mol. The summed E-state index contributed by atoms with van der Waals surface area (Å²) in [6.07, 6.45) is -0.639. The highest BCUT2D eigenvalue weighted by atomic mass is 19.1. The third kappa shape index (κ3) is 2.25. The molecule has 0 heterocycles. The summed E-state index contributed by atoms with van der Waals surface area (Å²) in [5.74, 6) is -1.52. The van der Waals surface area contributed by atoms with Crippen LogP contribution in [0.5, 0.6) is 0 Å². The fourth-order valence-electron chi connectivity index (χ4n) is 1.13. The molecule has 1 rings (SSSR count). The number of rotatable bonds is 2. The van der Waals surface area contributed by atoms with E-state index in [-0.39, 0.29) is 5.92 Å². The number of benzene rings is 1. The summed E-state index contributed by atoms with van der Waals surface area (Å²) in [4.78, 5) is 0.